The van der Waals surface area contributed by atoms with Gasteiger partial charge in [-0.25, -0.2) is 0 Å². The highest BCUT2D eigenvalue weighted by Gasteiger charge is 2.16. The van der Waals surface area contributed by atoms with Crippen molar-refractivity contribution in [1.29, 1.82) is 0 Å². The highest BCUT2D eigenvalue weighted by Crippen LogP contribution is 2.29. The van der Waals surface area contributed by atoms with Crippen molar-refractivity contribution < 1.29 is 4.74 Å². The van der Waals surface area contributed by atoms with E-state index >= 15 is 0 Å². The first kappa shape index (κ1) is 13.0. The normalized spacial score (nSPS) is 18.8. The fourth-order valence-electron chi connectivity index (χ4n) is 1.93. The summed E-state index contributed by atoms with van der Waals surface area (Å²) >= 11 is 0. The molecule has 0 aromatic heterocycles. The zero-order valence-corrected chi connectivity index (χ0v) is 10.4. The van der Waals surface area contributed by atoms with E-state index in [-0.39, 0.29) is 0 Å². The fraction of sp³-hybridized carbons (Fsp3) is 1.00. The van der Waals surface area contributed by atoms with Gasteiger partial charge < -0.3 is 10.1 Å². The fourth-order valence-corrected chi connectivity index (χ4v) is 1.93. The Morgan fingerprint density at radius 3 is 2.67 bits per heavy atom. The molecule has 2 nitrogen and oxygen atoms in total. The number of nitrogens with one attached hydrogen (secondary N) is 1. The molecule has 0 amide bonds. The lowest BCUT2D eigenvalue weighted by molar-refractivity contribution is 0.0880. The van der Waals surface area contributed by atoms with Crippen LogP contribution in [0.15, 0.2) is 0 Å². The van der Waals surface area contributed by atoms with Crippen LogP contribution in [0.5, 0.6) is 0 Å². The van der Waals surface area contributed by atoms with E-state index in [0.717, 1.165) is 25.7 Å². The summed E-state index contributed by atoms with van der Waals surface area (Å²) in [5.41, 5.74) is 0. The standard InChI is InChI=1S/C13H27NO/c1-3-9-14-13(4-2)11-15-10-8-12-6-5-7-12/h12-14H,3-11H2,1-2H3. The van der Waals surface area contributed by atoms with E-state index in [2.05, 4.69) is 19.2 Å². The Morgan fingerprint density at radius 2 is 2.13 bits per heavy atom. The highest BCUT2D eigenvalue weighted by atomic mass is 16.5. The number of hydrogen-bond donors (Lipinski definition) is 1. The molecule has 0 aromatic carbocycles. The first-order valence-electron chi connectivity index (χ1n) is 6.68. The maximum absolute atomic E-state index is 5.73. The van der Waals surface area contributed by atoms with Crippen LogP contribution >= 0.6 is 0 Å². The molecule has 1 N–H and O–H groups in total. The smallest absolute Gasteiger partial charge is 0.0619 e. The zero-order chi connectivity index (χ0) is 10.9. The minimum absolute atomic E-state index is 0.561. The van der Waals surface area contributed by atoms with Gasteiger partial charge in [-0.3, -0.25) is 0 Å². The van der Waals surface area contributed by atoms with Crippen molar-refractivity contribution in [1.82, 2.24) is 5.32 Å². The molecule has 0 spiro atoms. The van der Waals surface area contributed by atoms with Crippen molar-refractivity contribution in [3.63, 3.8) is 0 Å². The Morgan fingerprint density at radius 1 is 1.33 bits per heavy atom. The van der Waals surface area contributed by atoms with Gasteiger partial charge in [0.05, 0.1) is 6.61 Å². The summed E-state index contributed by atoms with van der Waals surface area (Å²) in [4.78, 5) is 0. The molecule has 0 radical (unpaired) electrons. The van der Waals surface area contributed by atoms with Crippen LogP contribution in [-0.4, -0.2) is 25.8 Å². The molecule has 1 saturated carbocycles. The molecule has 15 heavy (non-hydrogen) atoms. The van der Waals surface area contributed by atoms with Crippen LogP contribution in [0, 0.1) is 5.92 Å². The molecule has 1 rings (SSSR count). The van der Waals surface area contributed by atoms with Gasteiger partial charge in [0.15, 0.2) is 0 Å². The van der Waals surface area contributed by atoms with Crippen LogP contribution in [0.4, 0.5) is 0 Å². The average molecular weight is 213 g/mol. The van der Waals surface area contributed by atoms with Gasteiger partial charge in [0.25, 0.3) is 0 Å². The summed E-state index contributed by atoms with van der Waals surface area (Å²) < 4.78 is 5.73. The highest BCUT2D eigenvalue weighted by molar-refractivity contribution is 4.69. The Hall–Kier alpha value is -0.0800. The summed E-state index contributed by atoms with van der Waals surface area (Å²) in [7, 11) is 0. The van der Waals surface area contributed by atoms with Crippen molar-refractivity contribution in [2.24, 2.45) is 5.92 Å². The van der Waals surface area contributed by atoms with Crippen LogP contribution in [0.1, 0.15) is 52.4 Å². The van der Waals surface area contributed by atoms with Gasteiger partial charge in [-0.05, 0) is 31.7 Å². The quantitative estimate of drug-likeness (QED) is 0.595. The van der Waals surface area contributed by atoms with Crippen LogP contribution in [0.3, 0.4) is 0 Å². The van der Waals surface area contributed by atoms with E-state index in [4.69, 9.17) is 4.74 Å². The summed E-state index contributed by atoms with van der Waals surface area (Å²) in [5.74, 6) is 0.980. The SMILES string of the molecule is CCCNC(CC)COCCC1CCC1. The van der Waals surface area contributed by atoms with Gasteiger partial charge in [-0.15, -0.1) is 0 Å². The van der Waals surface area contributed by atoms with Crippen LogP contribution < -0.4 is 5.32 Å². The Kier molecular flexibility index (Phi) is 7.03. The summed E-state index contributed by atoms with van der Waals surface area (Å²) in [6.45, 7) is 7.41. The van der Waals surface area contributed by atoms with Crippen molar-refractivity contribution in [2.75, 3.05) is 19.8 Å². The van der Waals surface area contributed by atoms with Gasteiger partial charge in [0, 0.05) is 12.6 Å². The third-order valence-electron chi connectivity index (χ3n) is 3.39. The molecule has 1 aliphatic carbocycles. The lowest BCUT2D eigenvalue weighted by atomic mass is 9.83. The van der Waals surface area contributed by atoms with E-state index in [9.17, 15) is 0 Å². The molecule has 0 heterocycles. The molecule has 90 valence electrons. The topological polar surface area (TPSA) is 21.3 Å². The van der Waals surface area contributed by atoms with Gasteiger partial charge in [0.1, 0.15) is 0 Å². The monoisotopic (exact) mass is 213 g/mol. The van der Waals surface area contributed by atoms with E-state index in [0.29, 0.717) is 6.04 Å². The molecule has 1 fully saturated rings. The van der Waals surface area contributed by atoms with Crippen LogP contribution in [0.2, 0.25) is 0 Å². The molecule has 1 aliphatic rings. The predicted molar refractivity (Wildman–Crippen MR) is 65.1 cm³/mol. The maximum Gasteiger partial charge on any atom is 0.0619 e. The van der Waals surface area contributed by atoms with Crippen molar-refractivity contribution in [3.8, 4) is 0 Å². The zero-order valence-electron chi connectivity index (χ0n) is 10.4. The Balaban J connectivity index is 1.90. The Bertz CT molecular complexity index is 145. The van der Waals surface area contributed by atoms with E-state index in [1.165, 1.54) is 38.5 Å². The largest absolute Gasteiger partial charge is 0.380 e. The molecule has 2 heteroatoms. The second-order valence-corrected chi connectivity index (χ2v) is 4.72. The molecule has 1 unspecified atom stereocenters. The van der Waals surface area contributed by atoms with Gasteiger partial charge in [-0.1, -0.05) is 33.1 Å². The van der Waals surface area contributed by atoms with Gasteiger partial charge in [-0.2, -0.15) is 0 Å². The molecule has 0 aromatic rings. The van der Waals surface area contributed by atoms with Crippen molar-refractivity contribution in [2.45, 2.75) is 58.4 Å². The summed E-state index contributed by atoms with van der Waals surface area (Å²) in [6, 6.07) is 0.561. The van der Waals surface area contributed by atoms with Crippen LogP contribution in [-0.2, 0) is 4.74 Å². The van der Waals surface area contributed by atoms with Crippen LogP contribution in [0.25, 0.3) is 0 Å². The minimum atomic E-state index is 0.561. The third-order valence-corrected chi connectivity index (χ3v) is 3.39. The minimum Gasteiger partial charge on any atom is -0.380 e. The predicted octanol–water partition coefficient (Wildman–Crippen LogP) is 2.97. The lowest BCUT2D eigenvalue weighted by Gasteiger charge is -2.25. The first-order chi connectivity index (χ1) is 7.36. The maximum atomic E-state index is 5.73. The van der Waals surface area contributed by atoms with Crippen molar-refractivity contribution >= 4 is 0 Å². The second-order valence-electron chi connectivity index (χ2n) is 4.72. The summed E-state index contributed by atoms with van der Waals surface area (Å²) in [5, 5.41) is 3.51. The van der Waals surface area contributed by atoms with E-state index in [1.807, 2.05) is 0 Å². The van der Waals surface area contributed by atoms with E-state index in [1.54, 1.807) is 0 Å². The molecular weight excluding hydrogens is 186 g/mol. The van der Waals surface area contributed by atoms with E-state index < -0.39 is 0 Å². The first-order valence-corrected chi connectivity index (χ1v) is 6.68. The lowest BCUT2D eigenvalue weighted by Crippen LogP contribution is -2.33. The number of rotatable bonds is 9. The molecule has 0 aliphatic heterocycles. The van der Waals surface area contributed by atoms with Gasteiger partial charge >= 0.3 is 0 Å². The van der Waals surface area contributed by atoms with Crippen molar-refractivity contribution in [3.05, 3.63) is 0 Å². The molecular formula is C13H27NO. The second kappa shape index (κ2) is 8.12. The number of hydrogen-bond acceptors (Lipinski definition) is 2. The Labute approximate surface area is 94.8 Å². The number of ether oxygens (including phenoxy) is 1. The average Bonchev–Trinajstić information content (AvgIpc) is 2.19. The summed E-state index contributed by atoms with van der Waals surface area (Å²) in [6.07, 6.45) is 7.98. The third kappa shape index (κ3) is 5.53. The molecule has 0 bridgehead atoms. The molecule has 0 saturated heterocycles. The molecule has 1 atom stereocenters. The van der Waals surface area contributed by atoms with Gasteiger partial charge in [0.2, 0.25) is 0 Å².